The summed E-state index contributed by atoms with van der Waals surface area (Å²) in [6, 6.07) is 1.08. The summed E-state index contributed by atoms with van der Waals surface area (Å²) < 4.78 is 0. The minimum absolute atomic E-state index is 0.211. The van der Waals surface area contributed by atoms with E-state index in [0.29, 0.717) is 23.5 Å². The normalized spacial score (nSPS) is 16.3. The number of fused-ring (bicyclic) bond motifs is 1. The number of amides is 2. The molecule has 1 aliphatic rings. The zero-order chi connectivity index (χ0) is 13.3. The molecule has 0 aromatic carbocycles. The van der Waals surface area contributed by atoms with Crippen molar-refractivity contribution in [2.45, 2.75) is 26.3 Å². The molecule has 18 heavy (non-hydrogen) atoms. The van der Waals surface area contributed by atoms with Crippen molar-refractivity contribution in [3.63, 3.8) is 0 Å². The van der Waals surface area contributed by atoms with Crippen LogP contribution in [0, 0.1) is 5.92 Å². The first-order valence-corrected chi connectivity index (χ1v) is 5.99. The van der Waals surface area contributed by atoms with Gasteiger partial charge in [0.2, 0.25) is 0 Å². The Morgan fingerprint density at radius 1 is 1.28 bits per heavy atom. The molecule has 1 aliphatic heterocycles. The monoisotopic (exact) mass is 248 g/mol. The van der Waals surface area contributed by atoms with Crippen LogP contribution in [0.5, 0.6) is 0 Å². The van der Waals surface area contributed by atoms with Crippen LogP contribution in [0.1, 0.15) is 41.0 Å². The van der Waals surface area contributed by atoms with Crippen molar-refractivity contribution in [2.75, 3.05) is 6.61 Å². The van der Waals surface area contributed by atoms with Crippen LogP contribution in [0.2, 0.25) is 0 Å². The summed E-state index contributed by atoms with van der Waals surface area (Å²) in [7, 11) is 0. The molecule has 2 amide bonds. The summed E-state index contributed by atoms with van der Waals surface area (Å²) in [5.41, 5.74) is 0.696. The minimum Gasteiger partial charge on any atom is -0.394 e. The molecule has 0 fully saturated rings. The Kier molecular flexibility index (Phi) is 3.43. The van der Waals surface area contributed by atoms with E-state index in [-0.39, 0.29) is 18.4 Å². The number of imide groups is 1. The zero-order valence-electron chi connectivity index (χ0n) is 10.5. The fourth-order valence-electron chi connectivity index (χ4n) is 2.24. The highest BCUT2D eigenvalue weighted by Crippen LogP contribution is 2.25. The van der Waals surface area contributed by atoms with Crippen LogP contribution in [0.4, 0.5) is 0 Å². The fraction of sp³-hybridized carbons (Fsp3) is 0.462. The Morgan fingerprint density at radius 3 is 2.50 bits per heavy atom. The third-order valence-electron chi connectivity index (χ3n) is 3.04. The van der Waals surface area contributed by atoms with Crippen molar-refractivity contribution in [1.82, 2.24) is 9.88 Å². The van der Waals surface area contributed by atoms with E-state index in [1.807, 2.05) is 13.8 Å². The maximum Gasteiger partial charge on any atom is 0.263 e. The number of aliphatic hydroxyl groups is 1. The van der Waals surface area contributed by atoms with Gasteiger partial charge in [0.25, 0.3) is 11.8 Å². The Balaban J connectivity index is 2.32. The van der Waals surface area contributed by atoms with Crippen LogP contribution in [0.3, 0.4) is 0 Å². The molecule has 1 aromatic rings. The van der Waals surface area contributed by atoms with Crippen molar-refractivity contribution in [3.8, 4) is 0 Å². The molecule has 0 spiro atoms. The Hall–Kier alpha value is -1.75. The zero-order valence-corrected chi connectivity index (χ0v) is 10.5. The highest BCUT2D eigenvalue weighted by Gasteiger charge is 2.39. The first-order valence-electron chi connectivity index (χ1n) is 5.99. The van der Waals surface area contributed by atoms with Crippen LogP contribution in [-0.2, 0) is 0 Å². The molecule has 1 N–H and O–H groups in total. The average molecular weight is 248 g/mol. The minimum atomic E-state index is -0.461. The third kappa shape index (κ3) is 2.01. The van der Waals surface area contributed by atoms with E-state index in [1.54, 1.807) is 6.07 Å². The molecule has 5 heteroatoms. The highest BCUT2D eigenvalue weighted by molar-refractivity contribution is 6.21. The first kappa shape index (κ1) is 12.7. The summed E-state index contributed by atoms with van der Waals surface area (Å²) in [4.78, 5) is 29.3. The number of aromatic nitrogens is 1. The van der Waals surface area contributed by atoms with Gasteiger partial charge in [0.1, 0.15) is 0 Å². The summed E-state index contributed by atoms with van der Waals surface area (Å²) in [6.45, 7) is 3.77. The van der Waals surface area contributed by atoms with Gasteiger partial charge in [0.05, 0.1) is 23.8 Å². The average Bonchev–Trinajstić information content (AvgIpc) is 2.60. The maximum atomic E-state index is 12.2. The van der Waals surface area contributed by atoms with Gasteiger partial charge in [0.15, 0.2) is 0 Å². The molecule has 5 nitrogen and oxygen atoms in total. The predicted octanol–water partition coefficient (Wildman–Crippen LogP) is 1.08. The maximum absolute atomic E-state index is 12.2. The van der Waals surface area contributed by atoms with Crippen molar-refractivity contribution in [1.29, 1.82) is 0 Å². The summed E-state index contributed by atoms with van der Waals surface area (Å²) in [6.07, 6.45) is 3.48. The second kappa shape index (κ2) is 4.86. The van der Waals surface area contributed by atoms with Crippen molar-refractivity contribution in [2.24, 2.45) is 5.92 Å². The van der Waals surface area contributed by atoms with Gasteiger partial charge < -0.3 is 5.11 Å². The number of carbonyl (C=O) groups is 2. The van der Waals surface area contributed by atoms with Crippen LogP contribution in [-0.4, -0.2) is 39.5 Å². The lowest BCUT2D eigenvalue weighted by Crippen LogP contribution is -2.42. The summed E-state index contributed by atoms with van der Waals surface area (Å²) in [5, 5.41) is 9.39. The lowest BCUT2D eigenvalue weighted by molar-refractivity contribution is 0.0490. The number of rotatable bonds is 4. The van der Waals surface area contributed by atoms with E-state index >= 15 is 0 Å². The molecule has 1 atom stereocenters. The largest absolute Gasteiger partial charge is 0.394 e. The predicted molar refractivity (Wildman–Crippen MR) is 65.1 cm³/mol. The molecule has 2 rings (SSSR count). The Labute approximate surface area is 105 Å². The van der Waals surface area contributed by atoms with Crippen molar-refractivity contribution in [3.05, 3.63) is 29.6 Å². The lowest BCUT2D eigenvalue weighted by atomic mass is 10.0. The molecule has 0 aliphatic carbocycles. The van der Waals surface area contributed by atoms with Crippen molar-refractivity contribution < 1.29 is 14.7 Å². The molecule has 0 radical (unpaired) electrons. The van der Waals surface area contributed by atoms with Gasteiger partial charge in [-0.3, -0.25) is 19.5 Å². The summed E-state index contributed by atoms with van der Waals surface area (Å²) >= 11 is 0. The number of hydrogen-bond acceptors (Lipinski definition) is 4. The van der Waals surface area contributed by atoms with E-state index in [1.165, 1.54) is 12.4 Å². The molecule has 1 aromatic heterocycles. The molecular weight excluding hydrogens is 232 g/mol. The SMILES string of the molecule is CC(C)CC(CO)N1C(=O)c2ccncc2C1=O. The fourth-order valence-corrected chi connectivity index (χ4v) is 2.24. The molecule has 2 heterocycles. The Bertz CT molecular complexity index is 450. The number of hydrogen-bond donors (Lipinski definition) is 1. The first-order chi connectivity index (χ1) is 8.56. The van der Waals surface area contributed by atoms with Crippen molar-refractivity contribution >= 4 is 11.8 Å². The van der Waals surface area contributed by atoms with Gasteiger partial charge in [-0.1, -0.05) is 13.8 Å². The van der Waals surface area contributed by atoms with Crippen LogP contribution >= 0.6 is 0 Å². The Morgan fingerprint density at radius 2 is 1.94 bits per heavy atom. The second-order valence-corrected chi connectivity index (χ2v) is 4.87. The second-order valence-electron chi connectivity index (χ2n) is 4.87. The van der Waals surface area contributed by atoms with Crippen LogP contribution < -0.4 is 0 Å². The quantitative estimate of drug-likeness (QED) is 0.809. The topological polar surface area (TPSA) is 70.5 Å². The van der Waals surface area contributed by atoms with Gasteiger partial charge in [-0.25, -0.2) is 0 Å². The van der Waals surface area contributed by atoms with E-state index in [0.717, 1.165) is 4.90 Å². The lowest BCUT2D eigenvalue weighted by Gasteiger charge is -2.25. The van der Waals surface area contributed by atoms with Gasteiger partial charge in [-0.15, -0.1) is 0 Å². The molecule has 1 unspecified atom stereocenters. The van der Waals surface area contributed by atoms with Gasteiger partial charge in [0, 0.05) is 12.4 Å². The molecule has 96 valence electrons. The number of carbonyl (C=O) groups excluding carboxylic acids is 2. The smallest absolute Gasteiger partial charge is 0.263 e. The molecule has 0 saturated carbocycles. The standard InChI is InChI=1S/C13H16N2O3/c1-8(2)5-9(7-16)15-12(17)10-3-4-14-6-11(10)13(15)18/h3-4,6,8-9,16H,5,7H2,1-2H3. The molecular formula is C13H16N2O3. The van der Waals surface area contributed by atoms with Crippen LogP contribution in [0.15, 0.2) is 18.5 Å². The number of aliphatic hydroxyl groups excluding tert-OH is 1. The number of pyridine rings is 1. The van der Waals surface area contributed by atoms with E-state index in [2.05, 4.69) is 4.98 Å². The van der Waals surface area contributed by atoms with Gasteiger partial charge >= 0.3 is 0 Å². The van der Waals surface area contributed by atoms with E-state index in [4.69, 9.17) is 0 Å². The number of nitrogens with zero attached hydrogens (tertiary/aromatic N) is 2. The molecule has 0 saturated heterocycles. The van der Waals surface area contributed by atoms with E-state index < -0.39 is 6.04 Å². The van der Waals surface area contributed by atoms with Gasteiger partial charge in [-0.05, 0) is 18.4 Å². The highest BCUT2D eigenvalue weighted by atomic mass is 16.3. The van der Waals surface area contributed by atoms with Gasteiger partial charge in [-0.2, -0.15) is 0 Å². The third-order valence-corrected chi connectivity index (χ3v) is 3.04. The molecule has 0 bridgehead atoms. The van der Waals surface area contributed by atoms with Crippen LogP contribution in [0.25, 0.3) is 0 Å². The van der Waals surface area contributed by atoms with E-state index in [9.17, 15) is 14.7 Å². The summed E-state index contributed by atoms with van der Waals surface area (Å²) in [5.74, 6) is -0.399.